The van der Waals surface area contributed by atoms with Crippen LogP contribution in [0, 0.1) is 5.92 Å². The maximum atomic E-state index is 12.1. The summed E-state index contributed by atoms with van der Waals surface area (Å²) in [6, 6.07) is 0.358. The van der Waals surface area contributed by atoms with Gasteiger partial charge in [-0.25, -0.2) is 4.79 Å². The van der Waals surface area contributed by atoms with Gasteiger partial charge in [0, 0.05) is 26.2 Å². The Labute approximate surface area is 98.5 Å². The lowest BCUT2D eigenvalue weighted by Crippen LogP contribution is -2.52. The summed E-state index contributed by atoms with van der Waals surface area (Å²) in [4.78, 5) is 15.8. The molecule has 0 saturated carbocycles. The summed E-state index contributed by atoms with van der Waals surface area (Å²) in [6.45, 7) is 10.4. The van der Waals surface area contributed by atoms with Crippen LogP contribution < -0.4 is 0 Å². The number of hydrogen-bond acceptors (Lipinski definition) is 2. The quantitative estimate of drug-likeness (QED) is 0.722. The van der Waals surface area contributed by atoms with Crippen molar-refractivity contribution in [3.63, 3.8) is 0 Å². The van der Waals surface area contributed by atoms with Gasteiger partial charge in [0.15, 0.2) is 0 Å². The minimum atomic E-state index is 0.115. The van der Waals surface area contributed by atoms with Gasteiger partial charge in [-0.05, 0) is 19.8 Å². The first-order valence-electron chi connectivity index (χ1n) is 6.06. The fraction of sp³-hybridized carbons (Fsp3) is 0.917. The second kappa shape index (κ2) is 5.53. The number of rotatable bonds is 2. The van der Waals surface area contributed by atoms with Gasteiger partial charge < -0.3 is 14.5 Å². The van der Waals surface area contributed by atoms with Gasteiger partial charge in [-0.2, -0.15) is 0 Å². The summed E-state index contributed by atoms with van der Waals surface area (Å²) in [7, 11) is 1.85. The number of nitrogens with zero attached hydrogens (tertiary/aromatic N) is 2. The molecule has 0 N–H and O–H groups in total. The minimum Gasteiger partial charge on any atom is -0.374 e. The third-order valence-corrected chi connectivity index (χ3v) is 3.18. The van der Waals surface area contributed by atoms with Crippen LogP contribution >= 0.6 is 0 Å². The Morgan fingerprint density at radius 3 is 2.50 bits per heavy atom. The van der Waals surface area contributed by atoms with E-state index in [1.807, 2.05) is 25.8 Å². The average Bonchev–Trinajstić information content (AvgIpc) is 2.27. The van der Waals surface area contributed by atoms with E-state index in [-0.39, 0.29) is 18.2 Å². The number of carbonyl (C=O) groups is 1. The minimum absolute atomic E-state index is 0.115. The number of urea groups is 1. The SMILES string of the molecule is CC(C)C1CN(C(=O)N(C)C(C)C)CCO1. The highest BCUT2D eigenvalue weighted by molar-refractivity contribution is 5.74. The third kappa shape index (κ3) is 3.11. The van der Waals surface area contributed by atoms with Gasteiger partial charge >= 0.3 is 6.03 Å². The molecule has 2 amide bonds. The molecule has 0 aromatic heterocycles. The van der Waals surface area contributed by atoms with Crippen LogP contribution in [-0.4, -0.2) is 54.7 Å². The Balaban J connectivity index is 2.56. The highest BCUT2D eigenvalue weighted by atomic mass is 16.5. The van der Waals surface area contributed by atoms with Crippen molar-refractivity contribution in [1.82, 2.24) is 9.80 Å². The molecule has 1 aliphatic rings. The van der Waals surface area contributed by atoms with Crippen molar-refractivity contribution in [2.75, 3.05) is 26.7 Å². The highest BCUT2D eigenvalue weighted by Gasteiger charge is 2.28. The Bertz CT molecular complexity index is 241. The first-order chi connectivity index (χ1) is 7.43. The van der Waals surface area contributed by atoms with Gasteiger partial charge in [0.05, 0.1) is 12.7 Å². The second-order valence-corrected chi connectivity index (χ2v) is 5.09. The first kappa shape index (κ1) is 13.3. The van der Waals surface area contributed by atoms with E-state index < -0.39 is 0 Å². The fourth-order valence-electron chi connectivity index (χ4n) is 1.70. The highest BCUT2D eigenvalue weighted by Crippen LogP contribution is 2.15. The van der Waals surface area contributed by atoms with E-state index in [2.05, 4.69) is 13.8 Å². The van der Waals surface area contributed by atoms with Gasteiger partial charge in [0.2, 0.25) is 0 Å². The van der Waals surface area contributed by atoms with Crippen LogP contribution in [0.2, 0.25) is 0 Å². The molecule has 4 nitrogen and oxygen atoms in total. The summed E-state index contributed by atoms with van der Waals surface area (Å²) in [5.41, 5.74) is 0. The van der Waals surface area contributed by atoms with Crippen LogP contribution in [0.5, 0.6) is 0 Å². The molecule has 1 rings (SSSR count). The molecule has 1 heterocycles. The number of carbonyl (C=O) groups excluding carboxylic acids is 1. The van der Waals surface area contributed by atoms with Crippen molar-refractivity contribution in [3.8, 4) is 0 Å². The van der Waals surface area contributed by atoms with E-state index in [0.717, 1.165) is 0 Å². The van der Waals surface area contributed by atoms with E-state index in [4.69, 9.17) is 4.74 Å². The van der Waals surface area contributed by atoms with E-state index in [1.54, 1.807) is 4.90 Å². The standard InChI is InChI=1S/C12H24N2O2/c1-9(2)11-8-14(6-7-16-11)12(15)13(5)10(3)4/h9-11H,6-8H2,1-5H3. The fourth-order valence-corrected chi connectivity index (χ4v) is 1.70. The molecule has 0 spiro atoms. The number of hydrogen-bond donors (Lipinski definition) is 0. The van der Waals surface area contributed by atoms with Gasteiger partial charge in [-0.15, -0.1) is 0 Å². The maximum Gasteiger partial charge on any atom is 0.320 e. The Hall–Kier alpha value is -0.770. The van der Waals surface area contributed by atoms with Gasteiger partial charge in [-0.1, -0.05) is 13.8 Å². The van der Waals surface area contributed by atoms with Crippen molar-refractivity contribution in [1.29, 1.82) is 0 Å². The molecule has 4 heteroatoms. The zero-order valence-corrected chi connectivity index (χ0v) is 11.1. The molecule has 1 saturated heterocycles. The van der Waals surface area contributed by atoms with Crippen molar-refractivity contribution in [3.05, 3.63) is 0 Å². The van der Waals surface area contributed by atoms with Gasteiger partial charge in [0.25, 0.3) is 0 Å². The van der Waals surface area contributed by atoms with Crippen LogP contribution in [0.25, 0.3) is 0 Å². The van der Waals surface area contributed by atoms with Crippen molar-refractivity contribution < 1.29 is 9.53 Å². The van der Waals surface area contributed by atoms with Gasteiger partial charge in [0.1, 0.15) is 0 Å². The summed E-state index contributed by atoms with van der Waals surface area (Å²) >= 11 is 0. The maximum absolute atomic E-state index is 12.1. The summed E-state index contributed by atoms with van der Waals surface area (Å²) in [5, 5.41) is 0. The van der Waals surface area contributed by atoms with Crippen LogP contribution in [0.15, 0.2) is 0 Å². The van der Waals surface area contributed by atoms with Crippen molar-refractivity contribution >= 4 is 6.03 Å². The zero-order chi connectivity index (χ0) is 12.3. The number of amides is 2. The van der Waals surface area contributed by atoms with E-state index in [1.165, 1.54) is 0 Å². The molecular weight excluding hydrogens is 204 g/mol. The molecule has 94 valence electrons. The van der Waals surface area contributed by atoms with Crippen molar-refractivity contribution in [2.24, 2.45) is 5.92 Å². The molecule has 0 bridgehead atoms. The van der Waals surface area contributed by atoms with E-state index in [9.17, 15) is 4.79 Å². The predicted octanol–water partition coefficient (Wildman–Crippen LogP) is 1.80. The molecule has 1 atom stereocenters. The number of ether oxygens (including phenoxy) is 1. The molecule has 1 unspecified atom stereocenters. The Morgan fingerprint density at radius 2 is 2.00 bits per heavy atom. The molecule has 0 aliphatic carbocycles. The van der Waals surface area contributed by atoms with Crippen LogP contribution in [0.4, 0.5) is 4.79 Å². The normalized spacial score (nSPS) is 21.7. The molecule has 0 aromatic carbocycles. The molecule has 0 aromatic rings. The van der Waals surface area contributed by atoms with Crippen molar-refractivity contribution in [2.45, 2.75) is 39.8 Å². The lowest BCUT2D eigenvalue weighted by atomic mass is 10.1. The third-order valence-electron chi connectivity index (χ3n) is 3.18. The molecule has 1 fully saturated rings. The van der Waals surface area contributed by atoms with E-state index >= 15 is 0 Å². The number of morpholine rings is 1. The van der Waals surface area contributed by atoms with Crippen LogP contribution in [0.3, 0.4) is 0 Å². The zero-order valence-electron chi connectivity index (χ0n) is 11.1. The molecule has 0 radical (unpaired) electrons. The monoisotopic (exact) mass is 228 g/mol. The predicted molar refractivity (Wildman–Crippen MR) is 64.4 cm³/mol. The topological polar surface area (TPSA) is 32.8 Å². The summed E-state index contributed by atoms with van der Waals surface area (Å²) in [5.74, 6) is 0.458. The molecular formula is C12H24N2O2. The lowest BCUT2D eigenvalue weighted by molar-refractivity contribution is -0.0411. The average molecular weight is 228 g/mol. The molecule has 1 aliphatic heterocycles. The molecule has 16 heavy (non-hydrogen) atoms. The lowest BCUT2D eigenvalue weighted by Gasteiger charge is -2.37. The van der Waals surface area contributed by atoms with Gasteiger partial charge in [-0.3, -0.25) is 0 Å². The Morgan fingerprint density at radius 1 is 1.38 bits per heavy atom. The van der Waals surface area contributed by atoms with Crippen LogP contribution in [0.1, 0.15) is 27.7 Å². The van der Waals surface area contributed by atoms with Crippen LogP contribution in [-0.2, 0) is 4.74 Å². The first-order valence-corrected chi connectivity index (χ1v) is 6.06. The van der Waals surface area contributed by atoms with E-state index in [0.29, 0.717) is 25.6 Å². The smallest absolute Gasteiger partial charge is 0.320 e. The second-order valence-electron chi connectivity index (χ2n) is 5.09. The largest absolute Gasteiger partial charge is 0.374 e. The summed E-state index contributed by atoms with van der Waals surface area (Å²) < 4.78 is 5.65. The Kier molecular flexibility index (Phi) is 4.59. The summed E-state index contributed by atoms with van der Waals surface area (Å²) in [6.07, 6.45) is 0.179.